The van der Waals surface area contributed by atoms with Crippen LogP contribution in [0.5, 0.6) is 0 Å². The van der Waals surface area contributed by atoms with E-state index in [1.54, 1.807) is 37.6 Å². The van der Waals surface area contributed by atoms with Gasteiger partial charge in [-0.05, 0) is 50.1 Å². The normalized spacial score (nSPS) is 13.4. The number of nitrogens with one attached hydrogen (secondary N) is 2. The molecule has 10 heteroatoms. The lowest BCUT2D eigenvalue weighted by molar-refractivity contribution is -0.148. The molecule has 1 atom stereocenters. The first-order valence-corrected chi connectivity index (χ1v) is 10.4. The van der Waals surface area contributed by atoms with Crippen LogP contribution >= 0.6 is 23.2 Å². The summed E-state index contributed by atoms with van der Waals surface area (Å²) in [7, 11) is -4.41. The smallest absolute Gasteiger partial charge is 0.382 e. The SMILES string of the molecule is Cc1cc(C)c(S(=O)(=O)NC(CNc2cc(Cl)ccc2Cl)C(F)(F)F)c(C)c1. The van der Waals surface area contributed by atoms with Crippen molar-refractivity contribution in [2.45, 2.75) is 37.9 Å². The standard InChI is InChI=1S/C18H19Cl2F3N2O2S/c1-10-6-11(2)17(12(3)7-10)28(26,27)25-16(18(21,22)23)9-24-15-8-13(19)4-5-14(15)20/h4-8,16,24-25H,9H2,1-3H3. The van der Waals surface area contributed by atoms with E-state index in [1.165, 1.54) is 18.2 Å². The molecule has 0 saturated heterocycles. The van der Waals surface area contributed by atoms with Gasteiger partial charge in [0, 0.05) is 11.6 Å². The zero-order chi connectivity index (χ0) is 21.3. The molecule has 0 heterocycles. The van der Waals surface area contributed by atoms with Gasteiger partial charge < -0.3 is 5.32 Å². The highest BCUT2D eigenvalue weighted by atomic mass is 35.5. The number of benzene rings is 2. The Hall–Kier alpha value is -1.48. The second-order valence-corrected chi connectivity index (χ2v) is 8.94. The van der Waals surface area contributed by atoms with Gasteiger partial charge in [0.1, 0.15) is 6.04 Å². The molecular weight excluding hydrogens is 436 g/mol. The summed E-state index contributed by atoms with van der Waals surface area (Å²) in [4.78, 5) is -0.159. The van der Waals surface area contributed by atoms with Crippen LogP contribution in [0, 0.1) is 20.8 Å². The fourth-order valence-electron chi connectivity index (χ4n) is 2.91. The number of sulfonamides is 1. The Balaban J connectivity index is 2.31. The third kappa shape index (κ3) is 5.53. The van der Waals surface area contributed by atoms with E-state index >= 15 is 0 Å². The van der Waals surface area contributed by atoms with Crippen molar-refractivity contribution in [2.24, 2.45) is 0 Å². The number of halogens is 5. The van der Waals surface area contributed by atoms with Gasteiger partial charge in [0.15, 0.2) is 0 Å². The van der Waals surface area contributed by atoms with Crippen LogP contribution in [0.1, 0.15) is 16.7 Å². The first kappa shape index (κ1) is 22.8. The highest BCUT2D eigenvalue weighted by Crippen LogP contribution is 2.28. The van der Waals surface area contributed by atoms with Gasteiger partial charge in [0.25, 0.3) is 0 Å². The first-order chi connectivity index (χ1) is 12.8. The molecule has 2 rings (SSSR count). The minimum Gasteiger partial charge on any atom is -0.382 e. The minimum absolute atomic E-state index is 0.159. The second-order valence-electron chi connectivity index (χ2n) is 6.45. The maximum Gasteiger partial charge on any atom is 0.406 e. The summed E-state index contributed by atoms with van der Waals surface area (Å²) in [5.74, 6) is 0. The fourth-order valence-corrected chi connectivity index (χ4v) is 4.94. The maximum absolute atomic E-state index is 13.5. The molecule has 28 heavy (non-hydrogen) atoms. The molecule has 0 amide bonds. The minimum atomic E-state index is -4.82. The lowest BCUT2D eigenvalue weighted by Gasteiger charge is -2.24. The van der Waals surface area contributed by atoms with Crippen molar-refractivity contribution in [3.8, 4) is 0 Å². The van der Waals surface area contributed by atoms with E-state index in [9.17, 15) is 21.6 Å². The predicted molar refractivity (Wildman–Crippen MR) is 106 cm³/mol. The first-order valence-electron chi connectivity index (χ1n) is 8.17. The van der Waals surface area contributed by atoms with E-state index in [0.717, 1.165) is 5.56 Å². The van der Waals surface area contributed by atoms with Gasteiger partial charge >= 0.3 is 6.18 Å². The Labute approximate surface area is 172 Å². The molecule has 0 saturated carbocycles. The van der Waals surface area contributed by atoms with Crippen LogP contribution in [0.4, 0.5) is 18.9 Å². The van der Waals surface area contributed by atoms with E-state index in [0.29, 0.717) is 11.1 Å². The van der Waals surface area contributed by atoms with Crippen LogP contribution in [0.25, 0.3) is 0 Å². The van der Waals surface area contributed by atoms with Gasteiger partial charge in [-0.15, -0.1) is 0 Å². The molecule has 0 radical (unpaired) electrons. The molecule has 2 aromatic carbocycles. The summed E-state index contributed by atoms with van der Waals surface area (Å²) in [6, 6.07) is 5.12. The highest BCUT2D eigenvalue weighted by Gasteiger charge is 2.42. The number of hydrogen-bond donors (Lipinski definition) is 2. The van der Waals surface area contributed by atoms with Crippen molar-refractivity contribution in [2.75, 3.05) is 11.9 Å². The number of anilines is 1. The average Bonchev–Trinajstić information content (AvgIpc) is 2.51. The Bertz CT molecular complexity index is 956. The van der Waals surface area contributed by atoms with Crippen LogP contribution in [-0.4, -0.2) is 27.2 Å². The molecule has 0 fully saturated rings. The summed E-state index contributed by atoms with van der Waals surface area (Å²) in [6.45, 7) is 4.11. The summed E-state index contributed by atoms with van der Waals surface area (Å²) in [5.41, 5.74) is 1.73. The second kappa shape index (κ2) is 8.49. The zero-order valence-electron chi connectivity index (χ0n) is 15.3. The van der Waals surface area contributed by atoms with E-state index in [1.807, 2.05) is 0 Å². The number of aryl methyl sites for hydroxylation is 3. The molecule has 0 aliphatic carbocycles. The third-order valence-corrected chi connectivity index (χ3v) is 6.33. The molecule has 0 aliphatic heterocycles. The van der Waals surface area contributed by atoms with E-state index in [-0.39, 0.29) is 20.6 Å². The maximum atomic E-state index is 13.5. The Morgan fingerprint density at radius 1 is 1.04 bits per heavy atom. The molecule has 0 spiro atoms. The summed E-state index contributed by atoms with van der Waals surface area (Å²) >= 11 is 11.8. The van der Waals surface area contributed by atoms with Crippen molar-refractivity contribution in [1.29, 1.82) is 0 Å². The lowest BCUT2D eigenvalue weighted by Crippen LogP contribution is -2.49. The summed E-state index contributed by atoms with van der Waals surface area (Å²) in [6.07, 6.45) is -4.82. The van der Waals surface area contributed by atoms with Crippen LogP contribution in [0.15, 0.2) is 35.2 Å². The number of rotatable bonds is 6. The Morgan fingerprint density at radius 2 is 1.61 bits per heavy atom. The molecule has 4 nitrogen and oxygen atoms in total. The predicted octanol–water partition coefficient (Wildman–Crippen LogP) is 5.24. The van der Waals surface area contributed by atoms with Gasteiger partial charge in [-0.25, -0.2) is 8.42 Å². The van der Waals surface area contributed by atoms with Gasteiger partial charge in [-0.1, -0.05) is 40.9 Å². The molecule has 2 N–H and O–H groups in total. The van der Waals surface area contributed by atoms with Crippen LogP contribution < -0.4 is 10.0 Å². The van der Waals surface area contributed by atoms with Crippen molar-refractivity contribution in [1.82, 2.24) is 4.72 Å². The van der Waals surface area contributed by atoms with E-state index < -0.39 is 28.8 Å². The van der Waals surface area contributed by atoms with Crippen LogP contribution in [0.2, 0.25) is 10.0 Å². The van der Waals surface area contributed by atoms with Crippen LogP contribution in [0.3, 0.4) is 0 Å². The van der Waals surface area contributed by atoms with Gasteiger partial charge in [0.2, 0.25) is 10.0 Å². The number of hydrogen-bond acceptors (Lipinski definition) is 3. The summed E-state index contributed by atoms with van der Waals surface area (Å²) < 4.78 is 67.6. The molecular formula is C18H19Cl2F3N2O2S. The van der Waals surface area contributed by atoms with Crippen molar-refractivity contribution in [3.05, 3.63) is 57.1 Å². The Kier molecular flexibility index (Phi) is 6.91. The van der Waals surface area contributed by atoms with Gasteiger partial charge in [-0.2, -0.15) is 17.9 Å². The molecule has 0 aromatic heterocycles. The lowest BCUT2D eigenvalue weighted by atomic mass is 10.1. The topological polar surface area (TPSA) is 58.2 Å². The van der Waals surface area contributed by atoms with Gasteiger partial charge in [0.05, 0.1) is 15.6 Å². The zero-order valence-corrected chi connectivity index (χ0v) is 17.6. The average molecular weight is 455 g/mol. The van der Waals surface area contributed by atoms with Gasteiger partial charge in [-0.3, -0.25) is 0 Å². The van der Waals surface area contributed by atoms with Crippen molar-refractivity contribution < 1.29 is 21.6 Å². The monoisotopic (exact) mass is 454 g/mol. The molecule has 2 aromatic rings. The molecule has 0 aliphatic rings. The van der Waals surface area contributed by atoms with E-state index in [2.05, 4.69) is 5.32 Å². The van der Waals surface area contributed by atoms with Crippen molar-refractivity contribution >= 4 is 38.9 Å². The molecule has 154 valence electrons. The van der Waals surface area contributed by atoms with Crippen molar-refractivity contribution in [3.63, 3.8) is 0 Å². The van der Waals surface area contributed by atoms with Crippen LogP contribution in [-0.2, 0) is 10.0 Å². The highest BCUT2D eigenvalue weighted by molar-refractivity contribution is 7.89. The summed E-state index contributed by atoms with van der Waals surface area (Å²) in [5, 5.41) is 2.95. The fraction of sp³-hybridized carbons (Fsp3) is 0.333. The quantitative estimate of drug-likeness (QED) is 0.627. The largest absolute Gasteiger partial charge is 0.406 e. The number of alkyl halides is 3. The Morgan fingerprint density at radius 3 is 2.14 bits per heavy atom. The van der Waals surface area contributed by atoms with E-state index in [4.69, 9.17) is 23.2 Å². The third-order valence-electron chi connectivity index (χ3n) is 3.99. The molecule has 0 bridgehead atoms. The molecule has 1 unspecified atom stereocenters.